The molecule has 0 spiro atoms. The molecule has 20 heavy (non-hydrogen) atoms. The van der Waals surface area contributed by atoms with Gasteiger partial charge >= 0.3 is 0 Å². The molecule has 1 aromatic carbocycles. The summed E-state index contributed by atoms with van der Waals surface area (Å²) in [7, 11) is 1.98. The molecule has 1 heterocycles. The lowest BCUT2D eigenvalue weighted by atomic mass is 10.1. The van der Waals surface area contributed by atoms with Gasteiger partial charge in [-0.25, -0.2) is 9.97 Å². The second-order valence-electron chi connectivity index (χ2n) is 4.73. The first-order valence-corrected chi connectivity index (χ1v) is 6.62. The summed E-state index contributed by atoms with van der Waals surface area (Å²) < 4.78 is 0. The van der Waals surface area contributed by atoms with E-state index < -0.39 is 0 Å². The summed E-state index contributed by atoms with van der Waals surface area (Å²) in [4.78, 5) is 10.7. The summed E-state index contributed by atoms with van der Waals surface area (Å²) in [5.41, 5.74) is 2.62. The highest BCUT2D eigenvalue weighted by molar-refractivity contribution is 6.29. The van der Waals surface area contributed by atoms with Crippen LogP contribution in [0.15, 0.2) is 30.3 Å². The van der Waals surface area contributed by atoms with Crippen molar-refractivity contribution in [2.75, 3.05) is 7.05 Å². The fourth-order valence-corrected chi connectivity index (χ4v) is 2.26. The fourth-order valence-electron chi connectivity index (χ4n) is 2.01. The van der Waals surface area contributed by atoms with Gasteiger partial charge in [0.05, 0.1) is 18.2 Å². The minimum atomic E-state index is 0.465. The molecule has 0 aliphatic carbocycles. The number of aryl methyl sites for hydroxylation is 1. The topological polar surface area (TPSA) is 52.8 Å². The maximum Gasteiger partial charge on any atom is 0.144 e. The predicted octanol–water partition coefficient (Wildman–Crippen LogP) is 2.94. The van der Waals surface area contributed by atoms with E-state index >= 15 is 0 Å². The Bertz CT molecular complexity index is 628. The molecule has 0 aliphatic heterocycles. The molecule has 5 heteroatoms. The Morgan fingerprint density at radius 3 is 2.75 bits per heavy atom. The van der Waals surface area contributed by atoms with E-state index in [1.807, 2.05) is 32.2 Å². The van der Waals surface area contributed by atoms with Gasteiger partial charge in [-0.3, -0.25) is 4.90 Å². The molecular weight excluding hydrogens is 272 g/mol. The summed E-state index contributed by atoms with van der Waals surface area (Å²) in [5, 5.41) is 9.36. The number of benzene rings is 1. The van der Waals surface area contributed by atoms with Gasteiger partial charge in [-0.15, -0.1) is 0 Å². The van der Waals surface area contributed by atoms with E-state index in [1.165, 1.54) is 0 Å². The highest BCUT2D eigenvalue weighted by Gasteiger charge is 2.06. The molecule has 0 saturated heterocycles. The molecule has 0 unspecified atom stereocenters. The SMILES string of the molecule is Cc1cc(Cl)nc(CN(C)Cc2cccc(C#N)c2)n1. The Morgan fingerprint density at radius 1 is 1.25 bits per heavy atom. The van der Waals surface area contributed by atoms with E-state index in [9.17, 15) is 0 Å². The first-order valence-electron chi connectivity index (χ1n) is 6.24. The molecule has 102 valence electrons. The number of hydrogen-bond donors (Lipinski definition) is 0. The standard InChI is InChI=1S/C15H15ClN4/c1-11-6-14(16)19-15(18-11)10-20(2)9-13-5-3-4-12(7-13)8-17/h3-7H,9-10H2,1-2H3. The number of aromatic nitrogens is 2. The second kappa shape index (κ2) is 6.47. The maximum atomic E-state index is 8.89. The van der Waals surface area contributed by atoms with Crippen LogP contribution in [0.1, 0.15) is 22.6 Å². The molecule has 2 rings (SSSR count). The average molecular weight is 287 g/mol. The van der Waals surface area contributed by atoms with Crippen LogP contribution in [0, 0.1) is 18.3 Å². The van der Waals surface area contributed by atoms with Gasteiger partial charge in [0.25, 0.3) is 0 Å². The van der Waals surface area contributed by atoms with Gasteiger partial charge in [-0.2, -0.15) is 5.26 Å². The molecule has 0 radical (unpaired) electrons. The average Bonchev–Trinajstić information content (AvgIpc) is 2.37. The lowest BCUT2D eigenvalue weighted by Gasteiger charge is -2.16. The van der Waals surface area contributed by atoms with E-state index in [0.717, 1.165) is 17.8 Å². The van der Waals surface area contributed by atoms with Gasteiger partial charge in [0.1, 0.15) is 11.0 Å². The zero-order valence-electron chi connectivity index (χ0n) is 11.5. The first kappa shape index (κ1) is 14.4. The van der Waals surface area contributed by atoms with E-state index in [2.05, 4.69) is 20.9 Å². The van der Waals surface area contributed by atoms with Crippen LogP contribution >= 0.6 is 11.6 Å². The predicted molar refractivity (Wildman–Crippen MR) is 78.1 cm³/mol. The van der Waals surface area contributed by atoms with Gasteiger partial charge in [0.15, 0.2) is 0 Å². The molecule has 0 amide bonds. The molecule has 0 bridgehead atoms. The van der Waals surface area contributed by atoms with Crippen molar-refractivity contribution in [2.45, 2.75) is 20.0 Å². The summed E-state index contributed by atoms with van der Waals surface area (Å²) in [6.07, 6.45) is 0. The third kappa shape index (κ3) is 4.02. The van der Waals surface area contributed by atoms with Crippen LogP contribution in [0.2, 0.25) is 5.15 Å². The normalized spacial score (nSPS) is 10.6. The third-order valence-electron chi connectivity index (χ3n) is 2.79. The Labute approximate surface area is 123 Å². The second-order valence-corrected chi connectivity index (χ2v) is 5.12. The van der Waals surface area contributed by atoms with Crippen molar-refractivity contribution in [2.24, 2.45) is 0 Å². The molecule has 0 N–H and O–H groups in total. The third-order valence-corrected chi connectivity index (χ3v) is 2.98. The summed E-state index contributed by atoms with van der Waals surface area (Å²) in [6, 6.07) is 11.5. The minimum Gasteiger partial charge on any atom is -0.295 e. The lowest BCUT2D eigenvalue weighted by Crippen LogP contribution is -2.19. The molecular formula is C15H15ClN4. The minimum absolute atomic E-state index is 0.465. The quantitative estimate of drug-likeness (QED) is 0.811. The van der Waals surface area contributed by atoms with Crippen LogP contribution in [0.4, 0.5) is 0 Å². The van der Waals surface area contributed by atoms with Crippen molar-refractivity contribution in [3.05, 3.63) is 58.1 Å². The van der Waals surface area contributed by atoms with E-state index in [4.69, 9.17) is 16.9 Å². The Hall–Kier alpha value is -1.96. The smallest absolute Gasteiger partial charge is 0.144 e. The molecule has 4 nitrogen and oxygen atoms in total. The monoisotopic (exact) mass is 286 g/mol. The highest BCUT2D eigenvalue weighted by Crippen LogP contribution is 2.11. The van der Waals surface area contributed by atoms with Crippen molar-refractivity contribution in [1.82, 2.24) is 14.9 Å². The van der Waals surface area contributed by atoms with Gasteiger partial charge in [-0.1, -0.05) is 23.7 Å². The van der Waals surface area contributed by atoms with Crippen molar-refractivity contribution < 1.29 is 0 Å². The summed E-state index contributed by atoms with van der Waals surface area (Å²) >= 11 is 5.93. The fraction of sp³-hybridized carbons (Fsp3) is 0.267. The molecule has 0 atom stereocenters. The summed E-state index contributed by atoms with van der Waals surface area (Å²) in [5.74, 6) is 0.703. The van der Waals surface area contributed by atoms with Crippen LogP contribution in [-0.4, -0.2) is 21.9 Å². The molecule has 0 saturated carbocycles. The van der Waals surface area contributed by atoms with Gasteiger partial charge in [0, 0.05) is 12.2 Å². The van der Waals surface area contributed by atoms with Crippen LogP contribution in [0.25, 0.3) is 0 Å². The first-order chi connectivity index (χ1) is 9.56. The lowest BCUT2D eigenvalue weighted by molar-refractivity contribution is 0.310. The van der Waals surface area contributed by atoms with Crippen molar-refractivity contribution in [3.8, 4) is 6.07 Å². The highest BCUT2D eigenvalue weighted by atomic mass is 35.5. The number of rotatable bonds is 4. The van der Waals surface area contributed by atoms with E-state index in [0.29, 0.717) is 23.1 Å². The Kier molecular flexibility index (Phi) is 4.67. The Morgan fingerprint density at radius 2 is 2.05 bits per heavy atom. The number of nitrogens with zero attached hydrogens (tertiary/aromatic N) is 4. The van der Waals surface area contributed by atoms with Crippen LogP contribution in [0.5, 0.6) is 0 Å². The number of halogens is 1. The maximum absolute atomic E-state index is 8.89. The van der Waals surface area contributed by atoms with Crippen LogP contribution < -0.4 is 0 Å². The molecule has 0 fully saturated rings. The van der Waals surface area contributed by atoms with Crippen molar-refractivity contribution in [1.29, 1.82) is 5.26 Å². The van der Waals surface area contributed by atoms with Crippen molar-refractivity contribution >= 4 is 11.6 Å². The van der Waals surface area contributed by atoms with E-state index in [1.54, 1.807) is 12.1 Å². The van der Waals surface area contributed by atoms with Crippen molar-refractivity contribution in [3.63, 3.8) is 0 Å². The van der Waals surface area contributed by atoms with E-state index in [-0.39, 0.29) is 0 Å². The van der Waals surface area contributed by atoms with Gasteiger partial charge in [0.2, 0.25) is 0 Å². The number of nitriles is 1. The van der Waals surface area contributed by atoms with Gasteiger partial charge in [-0.05, 0) is 37.7 Å². The zero-order valence-corrected chi connectivity index (χ0v) is 12.2. The van der Waals surface area contributed by atoms with Gasteiger partial charge < -0.3 is 0 Å². The molecule has 1 aromatic heterocycles. The summed E-state index contributed by atoms with van der Waals surface area (Å²) in [6.45, 7) is 3.23. The molecule has 2 aromatic rings. The van der Waals surface area contributed by atoms with Crippen LogP contribution in [-0.2, 0) is 13.1 Å². The largest absolute Gasteiger partial charge is 0.295 e. The molecule has 0 aliphatic rings. The Balaban J connectivity index is 2.05. The zero-order chi connectivity index (χ0) is 14.5. The van der Waals surface area contributed by atoms with Crippen LogP contribution in [0.3, 0.4) is 0 Å². The number of hydrogen-bond acceptors (Lipinski definition) is 4.